The third-order valence-electron chi connectivity index (χ3n) is 6.00. The van der Waals surface area contributed by atoms with E-state index in [0.717, 1.165) is 25.0 Å². The lowest BCUT2D eigenvalue weighted by atomic mass is 9.53. The molecule has 3 nitrogen and oxygen atoms in total. The zero-order chi connectivity index (χ0) is 15.3. The molecule has 0 N–H and O–H groups in total. The maximum atomic E-state index is 5.75. The van der Waals surface area contributed by atoms with Crippen LogP contribution in [0.15, 0.2) is 0 Å². The summed E-state index contributed by atoms with van der Waals surface area (Å²) in [6, 6.07) is 0. The summed E-state index contributed by atoms with van der Waals surface area (Å²) in [6.07, 6.45) is 5.12. The highest BCUT2D eigenvalue weighted by Gasteiger charge is 2.47. The Morgan fingerprint density at radius 1 is 1.05 bits per heavy atom. The van der Waals surface area contributed by atoms with E-state index in [-0.39, 0.29) is 0 Å². The van der Waals surface area contributed by atoms with Crippen LogP contribution in [0.25, 0.3) is 0 Å². The normalized spacial score (nSPS) is 30.3. The van der Waals surface area contributed by atoms with E-state index in [4.69, 9.17) is 4.74 Å². The lowest BCUT2D eigenvalue weighted by Gasteiger charge is -2.54. The summed E-state index contributed by atoms with van der Waals surface area (Å²) in [5.41, 5.74) is 0.511. The number of hydrogen-bond acceptors (Lipinski definition) is 3. The number of piperazine rings is 1. The molecule has 3 heteroatoms. The van der Waals surface area contributed by atoms with Crippen LogP contribution in [0, 0.1) is 17.3 Å². The van der Waals surface area contributed by atoms with Gasteiger partial charge in [-0.2, -0.15) is 0 Å². The summed E-state index contributed by atoms with van der Waals surface area (Å²) in [5.74, 6) is 1.76. The first-order chi connectivity index (χ1) is 10.0. The highest BCUT2D eigenvalue weighted by atomic mass is 16.5. The van der Waals surface area contributed by atoms with Gasteiger partial charge in [-0.25, -0.2) is 0 Å². The predicted molar refractivity (Wildman–Crippen MR) is 89.7 cm³/mol. The fourth-order valence-electron chi connectivity index (χ4n) is 3.84. The quantitative estimate of drug-likeness (QED) is 0.640. The van der Waals surface area contributed by atoms with E-state index in [1.165, 1.54) is 58.4 Å². The lowest BCUT2D eigenvalue weighted by Crippen LogP contribution is -2.53. The predicted octanol–water partition coefficient (Wildman–Crippen LogP) is 3.10. The molecule has 2 atom stereocenters. The van der Waals surface area contributed by atoms with Crippen molar-refractivity contribution < 1.29 is 4.74 Å². The zero-order valence-electron chi connectivity index (χ0n) is 14.7. The second-order valence-electron chi connectivity index (χ2n) is 7.81. The Hall–Kier alpha value is -0.120. The van der Waals surface area contributed by atoms with Crippen LogP contribution in [0.2, 0.25) is 0 Å². The van der Waals surface area contributed by atoms with Gasteiger partial charge in [-0.3, -0.25) is 0 Å². The van der Waals surface area contributed by atoms with Crippen LogP contribution in [0.5, 0.6) is 0 Å². The molecule has 0 aromatic heterocycles. The molecule has 0 spiro atoms. The molecule has 1 aliphatic carbocycles. The van der Waals surface area contributed by atoms with Crippen molar-refractivity contribution in [3.63, 3.8) is 0 Å². The molecule has 2 rings (SSSR count). The SMILES string of the molecule is CCCCOCC[C@@H]1C[C@H](CN2CCN(C)CC2)C1(C)C. The minimum atomic E-state index is 0.511. The standard InChI is InChI=1S/C18H36N2O/c1-5-6-12-21-13-7-16-14-17(18(16,2)3)15-20-10-8-19(4)9-11-20/h16-17H,5-15H2,1-4H3/t16-,17-/m1/s1. The second kappa shape index (κ2) is 7.94. The molecular formula is C18H36N2O. The molecule has 1 saturated carbocycles. The van der Waals surface area contributed by atoms with Crippen molar-refractivity contribution in [3.05, 3.63) is 0 Å². The molecular weight excluding hydrogens is 260 g/mol. The summed E-state index contributed by atoms with van der Waals surface area (Å²) < 4.78 is 5.75. The van der Waals surface area contributed by atoms with Crippen molar-refractivity contribution >= 4 is 0 Å². The first-order valence-electron chi connectivity index (χ1n) is 9.02. The number of hydrogen-bond donors (Lipinski definition) is 0. The molecule has 0 aromatic rings. The van der Waals surface area contributed by atoms with Crippen LogP contribution in [0.4, 0.5) is 0 Å². The average Bonchev–Trinajstić information content (AvgIpc) is 2.47. The maximum absolute atomic E-state index is 5.75. The second-order valence-corrected chi connectivity index (χ2v) is 7.81. The van der Waals surface area contributed by atoms with Crippen LogP contribution in [0.1, 0.15) is 46.5 Å². The molecule has 124 valence electrons. The summed E-state index contributed by atoms with van der Waals surface area (Å²) >= 11 is 0. The number of nitrogens with zero attached hydrogens (tertiary/aromatic N) is 2. The highest BCUT2D eigenvalue weighted by molar-refractivity contribution is 4.97. The van der Waals surface area contributed by atoms with Crippen LogP contribution < -0.4 is 0 Å². The van der Waals surface area contributed by atoms with Gasteiger partial charge < -0.3 is 14.5 Å². The lowest BCUT2D eigenvalue weighted by molar-refractivity contribution is -0.0601. The van der Waals surface area contributed by atoms with Crippen LogP contribution >= 0.6 is 0 Å². The number of likely N-dealkylation sites (N-methyl/N-ethyl adjacent to an activating group) is 1. The summed E-state index contributed by atoms with van der Waals surface area (Å²) in [7, 11) is 2.24. The highest BCUT2D eigenvalue weighted by Crippen LogP contribution is 2.53. The van der Waals surface area contributed by atoms with Gasteiger partial charge in [0.15, 0.2) is 0 Å². The summed E-state index contributed by atoms with van der Waals surface area (Å²) in [4.78, 5) is 5.12. The van der Waals surface area contributed by atoms with Crippen molar-refractivity contribution in [2.24, 2.45) is 17.3 Å². The molecule has 0 radical (unpaired) electrons. The topological polar surface area (TPSA) is 15.7 Å². The Bertz CT molecular complexity index is 298. The minimum absolute atomic E-state index is 0.511. The van der Waals surface area contributed by atoms with Crippen molar-refractivity contribution in [1.82, 2.24) is 9.80 Å². The number of unbranched alkanes of at least 4 members (excludes halogenated alkanes) is 1. The number of rotatable bonds is 8. The van der Waals surface area contributed by atoms with Gasteiger partial charge in [0, 0.05) is 45.9 Å². The van der Waals surface area contributed by atoms with Crippen molar-refractivity contribution in [1.29, 1.82) is 0 Å². The summed E-state index contributed by atoms with van der Waals surface area (Å²) in [5, 5.41) is 0. The van der Waals surface area contributed by atoms with E-state index in [2.05, 4.69) is 37.6 Å². The van der Waals surface area contributed by atoms with Gasteiger partial charge in [0.05, 0.1) is 0 Å². The Balaban J connectivity index is 1.64. The van der Waals surface area contributed by atoms with Gasteiger partial charge in [0.2, 0.25) is 0 Å². The van der Waals surface area contributed by atoms with Gasteiger partial charge >= 0.3 is 0 Å². The Kier molecular flexibility index (Phi) is 6.51. The summed E-state index contributed by atoms with van der Waals surface area (Å²) in [6.45, 7) is 15.4. The largest absolute Gasteiger partial charge is 0.381 e. The average molecular weight is 296 g/mol. The Morgan fingerprint density at radius 3 is 2.38 bits per heavy atom. The number of ether oxygens (including phenoxy) is 1. The van der Waals surface area contributed by atoms with Gasteiger partial charge in [-0.1, -0.05) is 27.2 Å². The molecule has 1 aliphatic heterocycles. The monoisotopic (exact) mass is 296 g/mol. The van der Waals surface area contributed by atoms with E-state index < -0.39 is 0 Å². The van der Waals surface area contributed by atoms with Crippen molar-refractivity contribution in [2.45, 2.75) is 46.5 Å². The van der Waals surface area contributed by atoms with Gasteiger partial charge in [-0.15, -0.1) is 0 Å². The molecule has 1 saturated heterocycles. The smallest absolute Gasteiger partial charge is 0.0468 e. The van der Waals surface area contributed by atoms with E-state index in [1.54, 1.807) is 0 Å². The first kappa shape index (κ1) is 17.2. The third-order valence-corrected chi connectivity index (χ3v) is 6.00. The Labute approximate surface area is 132 Å². The van der Waals surface area contributed by atoms with Crippen molar-refractivity contribution in [2.75, 3.05) is 53.0 Å². The molecule has 2 fully saturated rings. The fraction of sp³-hybridized carbons (Fsp3) is 1.00. The first-order valence-corrected chi connectivity index (χ1v) is 9.02. The molecule has 0 amide bonds. The van der Waals surface area contributed by atoms with Gasteiger partial charge in [0.25, 0.3) is 0 Å². The van der Waals surface area contributed by atoms with Crippen LogP contribution in [0.3, 0.4) is 0 Å². The molecule has 0 unspecified atom stereocenters. The maximum Gasteiger partial charge on any atom is 0.0468 e. The van der Waals surface area contributed by atoms with Gasteiger partial charge in [0.1, 0.15) is 0 Å². The molecule has 1 heterocycles. The van der Waals surface area contributed by atoms with E-state index >= 15 is 0 Å². The van der Waals surface area contributed by atoms with E-state index in [0.29, 0.717) is 5.41 Å². The molecule has 21 heavy (non-hydrogen) atoms. The molecule has 2 aliphatic rings. The van der Waals surface area contributed by atoms with Gasteiger partial charge in [-0.05, 0) is 43.6 Å². The van der Waals surface area contributed by atoms with E-state index in [9.17, 15) is 0 Å². The Morgan fingerprint density at radius 2 is 1.76 bits per heavy atom. The van der Waals surface area contributed by atoms with Crippen LogP contribution in [-0.4, -0.2) is 62.8 Å². The fourth-order valence-corrected chi connectivity index (χ4v) is 3.84. The molecule has 0 aromatic carbocycles. The van der Waals surface area contributed by atoms with Crippen LogP contribution in [-0.2, 0) is 4.74 Å². The minimum Gasteiger partial charge on any atom is -0.381 e. The molecule has 0 bridgehead atoms. The zero-order valence-corrected chi connectivity index (χ0v) is 14.7. The van der Waals surface area contributed by atoms with Crippen molar-refractivity contribution in [3.8, 4) is 0 Å². The third kappa shape index (κ3) is 4.67. The van der Waals surface area contributed by atoms with E-state index in [1.807, 2.05) is 0 Å².